The van der Waals surface area contributed by atoms with Crippen LogP contribution in [0.1, 0.15) is 5.56 Å². The van der Waals surface area contributed by atoms with Gasteiger partial charge in [-0.15, -0.1) is 0 Å². The Bertz CT molecular complexity index is 355. The number of allylic oxidation sites excluding steroid dienone is 1. The predicted octanol–water partition coefficient (Wildman–Crippen LogP) is 2.24. The van der Waals surface area contributed by atoms with Crippen LogP contribution in [0.25, 0.3) is 6.08 Å². The van der Waals surface area contributed by atoms with E-state index in [4.69, 9.17) is 14.7 Å². The Morgan fingerprint density at radius 2 is 1.71 bits per heavy atom. The van der Waals surface area contributed by atoms with Crippen molar-refractivity contribution in [3.63, 3.8) is 0 Å². The molecule has 3 heteroatoms. The summed E-state index contributed by atoms with van der Waals surface area (Å²) in [7, 11) is 3.18. The smallest absolute Gasteiger partial charge is 0.123 e. The monoisotopic (exact) mass is 189 g/mol. The Morgan fingerprint density at radius 1 is 1.14 bits per heavy atom. The molecule has 3 nitrogen and oxygen atoms in total. The summed E-state index contributed by atoms with van der Waals surface area (Å²) < 4.78 is 10.2. The standard InChI is InChI=1S/C11H11NO2/c1-13-10-6-9(4-3-5-12)7-11(8-10)14-2/h3-4,6-8H,1-2H3/b4-3-. The van der Waals surface area contributed by atoms with Gasteiger partial charge in [0, 0.05) is 12.1 Å². The van der Waals surface area contributed by atoms with Gasteiger partial charge >= 0.3 is 0 Å². The average molecular weight is 189 g/mol. The molecule has 0 aromatic heterocycles. The van der Waals surface area contributed by atoms with Crippen LogP contribution < -0.4 is 9.47 Å². The number of benzene rings is 1. The van der Waals surface area contributed by atoms with Gasteiger partial charge in [0.15, 0.2) is 0 Å². The van der Waals surface area contributed by atoms with Crippen LogP contribution in [-0.4, -0.2) is 14.2 Å². The number of ether oxygens (including phenoxy) is 2. The largest absolute Gasteiger partial charge is 0.497 e. The summed E-state index contributed by atoms with van der Waals surface area (Å²) in [5, 5.41) is 8.38. The van der Waals surface area contributed by atoms with Gasteiger partial charge in [-0.3, -0.25) is 0 Å². The molecule has 0 fully saturated rings. The molecule has 0 saturated heterocycles. The normalized spacial score (nSPS) is 9.79. The summed E-state index contributed by atoms with van der Waals surface area (Å²) >= 11 is 0. The lowest BCUT2D eigenvalue weighted by molar-refractivity contribution is 0.394. The molecule has 1 aromatic carbocycles. The number of rotatable bonds is 3. The van der Waals surface area contributed by atoms with E-state index in [0.717, 1.165) is 5.56 Å². The lowest BCUT2D eigenvalue weighted by atomic mass is 10.2. The minimum Gasteiger partial charge on any atom is -0.497 e. The quantitative estimate of drug-likeness (QED) is 0.685. The first kappa shape index (κ1) is 10.1. The molecule has 0 spiro atoms. The van der Waals surface area contributed by atoms with Crippen molar-refractivity contribution in [3.8, 4) is 17.6 Å². The maximum atomic E-state index is 8.38. The zero-order valence-corrected chi connectivity index (χ0v) is 8.15. The van der Waals surface area contributed by atoms with E-state index in [0.29, 0.717) is 11.5 Å². The van der Waals surface area contributed by atoms with E-state index < -0.39 is 0 Å². The number of nitrogens with zero attached hydrogens (tertiary/aromatic N) is 1. The summed E-state index contributed by atoms with van der Waals surface area (Å²) in [5.74, 6) is 1.42. The third kappa shape index (κ3) is 2.53. The summed E-state index contributed by atoms with van der Waals surface area (Å²) in [6, 6.07) is 7.37. The lowest BCUT2D eigenvalue weighted by Gasteiger charge is -2.05. The SMILES string of the molecule is COc1cc(/C=C\C#N)cc(OC)c1. The highest BCUT2D eigenvalue weighted by molar-refractivity contribution is 5.56. The van der Waals surface area contributed by atoms with Gasteiger partial charge in [-0.1, -0.05) is 0 Å². The van der Waals surface area contributed by atoms with E-state index in [1.54, 1.807) is 26.4 Å². The zero-order valence-electron chi connectivity index (χ0n) is 8.15. The van der Waals surface area contributed by atoms with Crippen molar-refractivity contribution in [1.82, 2.24) is 0 Å². The Balaban J connectivity index is 3.05. The summed E-state index contributed by atoms with van der Waals surface area (Å²) in [6.07, 6.45) is 3.11. The Morgan fingerprint density at radius 3 is 2.14 bits per heavy atom. The second-order valence-corrected chi connectivity index (χ2v) is 2.61. The molecule has 1 rings (SSSR count). The number of methoxy groups -OCH3 is 2. The van der Waals surface area contributed by atoms with Crippen LogP contribution >= 0.6 is 0 Å². The maximum Gasteiger partial charge on any atom is 0.123 e. The molecule has 0 aliphatic heterocycles. The Hall–Kier alpha value is -1.95. The third-order valence-electron chi connectivity index (χ3n) is 1.72. The molecule has 0 saturated carbocycles. The number of hydrogen-bond acceptors (Lipinski definition) is 3. The summed E-state index contributed by atoms with van der Waals surface area (Å²) in [5.41, 5.74) is 0.878. The van der Waals surface area contributed by atoms with Gasteiger partial charge in [0.05, 0.1) is 20.3 Å². The van der Waals surface area contributed by atoms with Gasteiger partial charge in [0.25, 0.3) is 0 Å². The van der Waals surface area contributed by atoms with Crippen molar-refractivity contribution in [2.75, 3.05) is 14.2 Å². The molecule has 0 unspecified atom stereocenters. The number of hydrogen-bond donors (Lipinski definition) is 0. The van der Waals surface area contributed by atoms with Crippen molar-refractivity contribution >= 4 is 6.08 Å². The molecule has 0 heterocycles. The van der Waals surface area contributed by atoms with E-state index in [1.807, 2.05) is 18.2 Å². The first-order valence-electron chi connectivity index (χ1n) is 4.09. The molecule has 14 heavy (non-hydrogen) atoms. The van der Waals surface area contributed by atoms with Crippen LogP contribution in [0.2, 0.25) is 0 Å². The fraction of sp³-hybridized carbons (Fsp3) is 0.182. The van der Waals surface area contributed by atoms with Gasteiger partial charge in [-0.25, -0.2) is 0 Å². The lowest BCUT2D eigenvalue weighted by Crippen LogP contribution is -1.87. The molecule has 1 aromatic rings. The molecule has 0 aliphatic rings. The molecule has 0 N–H and O–H groups in total. The molecule has 0 radical (unpaired) electrons. The van der Waals surface area contributed by atoms with Crippen molar-refractivity contribution in [3.05, 3.63) is 29.8 Å². The Kier molecular flexibility index (Phi) is 3.57. The third-order valence-corrected chi connectivity index (χ3v) is 1.72. The summed E-state index contributed by atoms with van der Waals surface area (Å²) in [4.78, 5) is 0. The maximum absolute atomic E-state index is 8.38. The molecule has 72 valence electrons. The summed E-state index contributed by atoms with van der Waals surface area (Å²) in [6.45, 7) is 0. The highest BCUT2D eigenvalue weighted by Gasteiger charge is 1.98. The van der Waals surface area contributed by atoms with E-state index in [2.05, 4.69) is 0 Å². The molecule has 0 aliphatic carbocycles. The second-order valence-electron chi connectivity index (χ2n) is 2.61. The topological polar surface area (TPSA) is 42.2 Å². The van der Waals surface area contributed by atoms with Crippen LogP contribution in [-0.2, 0) is 0 Å². The van der Waals surface area contributed by atoms with E-state index in [1.165, 1.54) is 6.08 Å². The van der Waals surface area contributed by atoms with Gasteiger partial charge < -0.3 is 9.47 Å². The van der Waals surface area contributed by atoms with E-state index in [-0.39, 0.29) is 0 Å². The minimum absolute atomic E-state index is 0.710. The van der Waals surface area contributed by atoms with Crippen molar-refractivity contribution in [1.29, 1.82) is 5.26 Å². The fourth-order valence-electron chi connectivity index (χ4n) is 1.06. The van der Waals surface area contributed by atoms with Gasteiger partial charge in [-0.2, -0.15) is 5.26 Å². The van der Waals surface area contributed by atoms with Gasteiger partial charge in [0.1, 0.15) is 11.5 Å². The Labute approximate surface area is 83.2 Å². The second kappa shape index (κ2) is 4.93. The molecule has 0 bridgehead atoms. The molecule has 0 atom stereocenters. The van der Waals surface area contributed by atoms with Crippen LogP contribution in [0.15, 0.2) is 24.3 Å². The highest BCUT2D eigenvalue weighted by atomic mass is 16.5. The highest BCUT2D eigenvalue weighted by Crippen LogP contribution is 2.22. The first-order chi connectivity index (χ1) is 6.80. The van der Waals surface area contributed by atoms with Crippen LogP contribution in [0, 0.1) is 11.3 Å². The number of nitriles is 1. The van der Waals surface area contributed by atoms with Gasteiger partial charge in [-0.05, 0) is 23.8 Å². The fourth-order valence-corrected chi connectivity index (χ4v) is 1.06. The predicted molar refractivity (Wildman–Crippen MR) is 54.2 cm³/mol. The molecule has 0 amide bonds. The minimum atomic E-state index is 0.710. The van der Waals surface area contributed by atoms with Gasteiger partial charge in [0.2, 0.25) is 0 Å². The first-order valence-corrected chi connectivity index (χ1v) is 4.09. The van der Waals surface area contributed by atoms with Crippen LogP contribution in [0.5, 0.6) is 11.5 Å². The van der Waals surface area contributed by atoms with Crippen LogP contribution in [0.3, 0.4) is 0 Å². The van der Waals surface area contributed by atoms with Crippen LogP contribution in [0.4, 0.5) is 0 Å². The zero-order chi connectivity index (χ0) is 10.4. The van der Waals surface area contributed by atoms with E-state index >= 15 is 0 Å². The van der Waals surface area contributed by atoms with Crippen molar-refractivity contribution in [2.45, 2.75) is 0 Å². The molecular weight excluding hydrogens is 178 g/mol. The average Bonchev–Trinajstić information content (AvgIpc) is 2.25. The van der Waals surface area contributed by atoms with Crippen molar-refractivity contribution in [2.24, 2.45) is 0 Å². The van der Waals surface area contributed by atoms with E-state index in [9.17, 15) is 0 Å². The molecular formula is C11H11NO2. The van der Waals surface area contributed by atoms with Crippen molar-refractivity contribution < 1.29 is 9.47 Å².